The van der Waals surface area contributed by atoms with Crippen LogP contribution in [-0.2, 0) is 18.3 Å². The Bertz CT molecular complexity index is 355. The second kappa shape index (κ2) is 3.82. The van der Waals surface area contributed by atoms with Crippen molar-refractivity contribution in [2.45, 2.75) is 27.2 Å². The summed E-state index contributed by atoms with van der Waals surface area (Å²) in [4.78, 5) is 10.7. The summed E-state index contributed by atoms with van der Waals surface area (Å²) in [5.74, 6) is -1.12. The van der Waals surface area contributed by atoms with Crippen LogP contribution in [0.25, 0.3) is 0 Å². The van der Waals surface area contributed by atoms with Crippen molar-refractivity contribution in [3.8, 4) is 0 Å². The van der Waals surface area contributed by atoms with Crippen LogP contribution in [0, 0.1) is 19.8 Å². The Kier molecular flexibility index (Phi) is 2.93. The van der Waals surface area contributed by atoms with E-state index in [0.717, 1.165) is 17.0 Å². The summed E-state index contributed by atoms with van der Waals surface area (Å²) in [6.07, 6.45) is 0.540. The van der Waals surface area contributed by atoms with Crippen LogP contribution >= 0.6 is 0 Å². The lowest BCUT2D eigenvalue weighted by atomic mass is 10.0. The Hall–Kier alpha value is -1.32. The Labute approximate surface area is 83.5 Å². The van der Waals surface area contributed by atoms with Crippen molar-refractivity contribution >= 4 is 5.97 Å². The third-order valence-corrected chi connectivity index (χ3v) is 2.59. The summed E-state index contributed by atoms with van der Waals surface area (Å²) in [5.41, 5.74) is 3.08. The predicted molar refractivity (Wildman–Crippen MR) is 53.2 cm³/mol. The topological polar surface area (TPSA) is 55.1 Å². The number of carbonyl (C=O) groups is 1. The van der Waals surface area contributed by atoms with Gasteiger partial charge < -0.3 is 5.11 Å². The molecule has 0 radical (unpaired) electrons. The maximum Gasteiger partial charge on any atom is 0.306 e. The number of nitrogens with zero attached hydrogens (tertiary/aromatic N) is 2. The van der Waals surface area contributed by atoms with Crippen LogP contribution < -0.4 is 0 Å². The lowest BCUT2D eigenvalue weighted by Crippen LogP contribution is -2.15. The molecular weight excluding hydrogens is 180 g/mol. The van der Waals surface area contributed by atoms with Gasteiger partial charge in [0, 0.05) is 19.2 Å². The minimum atomic E-state index is -0.761. The normalized spacial score (nSPS) is 12.9. The molecule has 0 saturated heterocycles. The average Bonchev–Trinajstić information content (AvgIpc) is 2.32. The lowest BCUT2D eigenvalue weighted by molar-refractivity contribution is -0.141. The summed E-state index contributed by atoms with van der Waals surface area (Å²) in [7, 11) is 1.85. The molecule has 1 aromatic rings. The van der Waals surface area contributed by atoms with E-state index in [-0.39, 0.29) is 5.92 Å². The Balaban J connectivity index is 2.91. The fourth-order valence-electron chi connectivity index (χ4n) is 1.47. The summed E-state index contributed by atoms with van der Waals surface area (Å²) >= 11 is 0. The molecular formula is C10H16N2O2. The average molecular weight is 196 g/mol. The van der Waals surface area contributed by atoms with E-state index in [2.05, 4.69) is 5.10 Å². The molecule has 1 aromatic heterocycles. The highest BCUT2D eigenvalue weighted by molar-refractivity contribution is 5.69. The molecule has 1 heterocycles. The molecule has 1 N–H and O–H groups in total. The summed E-state index contributed by atoms with van der Waals surface area (Å²) in [6, 6.07) is 0. The first-order valence-electron chi connectivity index (χ1n) is 4.65. The number of aliphatic carboxylic acids is 1. The van der Waals surface area contributed by atoms with Gasteiger partial charge in [-0.1, -0.05) is 6.92 Å². The molecule has 0 spiro atoms. The van der Waals surface area contributed by atoms with Crippen molar-refractivity contribution in [1.29, 1.82) is 0 Å². The molecule has 1 atom stereocenters. The zero-order chi connectivity index (χ0) is 10.9. The summed E-state index contributed by atoms with van der Waals surface area (Å²) < 4.78 is 1.77. The van der Waals surface area contributed by atoms with Crippen molar-refractivity contribution in [3.63, 3.8) is 0 Å². The number of aromatic nitrogens is 2. The zero-order valence-electron chi connectivity index (χ0n) is 9.03. The van der Waals surface area contributed by atoms with Crippen molar-refractivity contribution < 1.29 is 9.90 Å². The minimum Gasteiger partial charge on any atom is -0.481 e. The minimum absolute atomic E-state index is 0.358. The highest BCUT2D eigenvalue weighted by Gasteiger charge is 2.16. The standard InChI is InChI=1S/C10H16N2O2/c1-6(10(13)14)5-9-7(2)8(3)11-12(9)4/h6H,5H2,1-4H3,(H,13,14). The molecule has 0 aliphatic carbocycles. The first-order valence-corrected chi connectivity index (χ1v) is 4.65. The highest BCUT2D eigenvalue weighted by atomic mass is 16.4. The van der Waals surface area contributed by atoms with Crippen LogP contribution in [-0.4, -0.2) is 20.9 Å². The van der Waals surface area contributed by atoms with Crippen LogP contribution in [0.5, 0.6) is 0 Å². The number of rotatable bonds is 3. The van der Waals surface area contributed by atoms with Gasteiger partial charge in [0.1, 0.15) is 0 Å². The third kappa shape index (κ3) is 1.95. The summed E-state index contributed by atoms with van der Waals surface area (Å²) in [6.45, 7) is 5.63. The molecule has 14 heavy (non-hydrogen) atoms. The number of carboxylic acid groups (broad SMARTS) is 1. The second-order valence-electron chi connectivity index (χ2n) is 3.72. The van der Waals surface area contributed by atoms with Crippen molar-refractivity contribution in [3.05, 3.63) is 17.0 Å². The van der Waals surface area contributed by atoms with E-state index in [4.69, 9.17) is 5.11 Å². The van der Waals surface area contributed by atoms with E-state index < -0.39 is 5.97 Å². The number of hydrogen-bond acceptors (Lipinski definition) is 2. The molecule has 0 aliphatic rings. The van der Waals surface area contributed by atoms with Gasteiger partial charge in [0.05, 0.1) is 11.6 Å². The van der Waals surface area contributed by atoms with Gasteiger partial charge in [-0.3, -0.25) is 9.48 Å². The first kappa shape index (κ1) is 10.8. The molecule has 0 aromatic carbocycles. The van der Waals surface area contributed by atoms with Gasteiger partial charge in [-0.25, -0.2) is 0 Å². The van der Waals surface area contributed by atoms with Crippen LogP contribution in [0.3, 0.4) is 0 Å². The van der Waals surface area contributed by atoms with Crippen LogP contribution in [0.2, 0.25) is 0 Å². The fourth-order valence-corrected chi connectivity index (χ4v) is 1.47. The molecule has 1 rings (SSSR count). The molecule has 1 unspecified atom stereocenters. The number of aryl methyl sites for hydroxylation is 2. The summed E-state index contributed by atoms with van der Waals surface area (Å²) in [5, 5.41) is 13.0. The monoisotopic (exact) mass is 196 g/mol. The van der Waals surface area contributed by atoms with Gasteiger partial charge >= 0.3 is 5.97 Å². The quantitative estimate of drug-likeness (QED) is 0.792. The maximum atomic E-state index is 10.7. The van der Waals surface area contributed by atoms with Crippen molar-refractivity contribution in [1.82, 2.24) is 9.78 Å². The molecule has 4 heteroatoms. The molecule has 0 amide bonds. The molecule has 0 saturated carbocycles. The van der Waals surface area contributed by atoms with E-state index in [1.807, 2.05) is 20.9 Å². The maximum absolute atomic E-state index is 10.7. The third-order valence-electron chi connectivity index (χ3n) is 2.59. The van der Waals surface area contributed by atoms with Gasteiger partial charge in [0.2, 0.25) is 0 Å². The van der Waals surface area contributed by atoms with E-state index in [9.17, 15) is 4.79 Å². The van der Waals surface area contributed by atoms with E-state index in [1.54, 1.807) is 11.6 Å². The molecule has 78 valence electrons. The van der Waals surface area contributed by atoms with Crippen molar-refractivity contribution in [2.24, 2.45) is 13.0 Å². The predicted octanol–water partition coefficient (Wildman–Crippen LogP) is 1.30. The van der Waals surface area contributed by atoms with Crippen LogP contribution in [0.1, 0.15) is 23.9 Å². The van der Waals surface area contributed by atoms with Crippen LogP contribution in [0.4, 0.5) is 0 Å². The number of carboxylic acids is 1. The Morgan fingerprint density at radius 1 is 1.57 bits per heavy atom. The molecule has 0 aliphatic heterocycles. The lowest BCUT2D eigenvalue weighted by Gasteiger charge is -2.07. The van der Waals surface area contributed by atoms with Gasteiger partial charge in [-0.15, -0.1) is 0 Å². The van der Waals surface area contributed by atoms with E-state index in [0.29, 0.717) is 6.42 Å². The highest BCUT2D eigenvalue weighted by Crippen LogP contribution is 2.15. The van der Waals surface area contributed by atoms with Crippen LogP contribution in [0.15, 0.2) is 0 Å². The molecule has 0 bridgehead atoms. The fraction of sp³-hybridized carbons (Fsp3) is 0.600. The second-order valence-corrected chi connectivity index (χ2v) is 3.72. The van der Waals surface area contributed by atoms with Crippen molar-refractivity contribution in [2.75, 3.05) is 0 Å². The number of hydrogen-bond donors (Lipinski definition) is 1. The van der Waals surface area contributed by atoms with Gasteiger partial charge in [0.15, 0.2) is 0 Å². The molecule has 0 fully saturated rings. The Morgan fingerprint density at radius 3 is 2.50 bits per heavy atom. The van der Waals surface area contributed by atoms with Gasteiger partial charge in [-0.05, 0) is 19.4 Å². The largest absolute Gasteiger partial charge is 0.481 e. The van der Waals surface area contributed by atoms with E-state index in [1.165, 1.54) is 0 Å². The Morgan fingerprint density at radius 2 is 2.14 bits per heavy atom. The zero-order valence-corrected chi connectivity index (χ0v) is 9.03. The first-order chi connectivity index (χ1) is 6.43. The molecule has 4 nitrogen and oxygen atoms in total. The SMILES string of the molecule is Cc1nn(C)c(CC(C)C(=O)O)c1C. The van der Waals surface area contributed by atoms with Gasteiger partial charge in [0.25, 0.3) is 0 Å². The smallest absolute Gasteiger partial charge is 0.306 e. The van der Waals surface area contributed by atoms with E-state index >= 15 is 0 Å². The van der Waals surface area contributed by atoms with Gasteiger partial charge in [-0.2, -0.15) is 5.10 Å².